The van der Waals surface area contributed by atoms with E-state index in [1.165, 1.54) is 0 Å². The third-order valence-corrected chi connectivity index (χ3v) is 7.91. The maximum atomic E-state index is 13.5. The van der Waals surface area contributed by atoms with Gasteiger partial charge < -0.3 is 16.0 Å². The number of likely N-dealkylation sites (tertiary alicyclic amines) is 1. The molecule has 0 radical (unpaired) electrons. The van der Waals surface area contributed by atoms with E-state index in [0.717, 1.165) is 24.2 Å². The van der Waals surface area contributed by atoms with Gasteiger partial charge in [0.05, 0.1) is 0 Å². The van der Waals surface area contributed by atoms with E-state index in [0.29, 0.717) is 35.0 Å². The van der Waals surface area contributed by atoms with Gasteiger partial charge in [-0.15, -0.1) is 0 Å². The smallest absolute Gasteiger partial charge is 0.256 e. The van der Waals surface area contributed by atoms with Crippen LogP contribution < -0.4 is 11.1 Å². The fourth-order valence-electron chi connectivity index (χ4n) is 5.68. The number of imidazole rings is 1. The van der Waals surface area contributed by atoms with Crippen LogP contribution in [-0.2, 0) is 4.79 Å². The number of nitrogens with one attached hydrogen (secondary N) is 1. The van der Waals surface area contributed by atoms with Crippen molar-refractivity contribution in [1.82, 2.24) is 24.3 Å². The van der Waals surface area contributed by atoms with Gasteiger partial charge in [0.2, 0.25) is 11.8 Å². The molecule has 1 aromatic carbocycles. The molecule has 4 heterocycles. The van der Waals surface area contributed by atoms with Gasteiger partial charge in [-0.3, -0.25) is 14.0 Å². The number of nitrogen functional groups attached to an aromatic ring is 1. The number of fused-ring (bicyclic) bond motifs is 1. The molecule has 2 amide bonds. The van der Waals surface area contributed by atoms with Crippen LogP contribution in [0.3, 0.4) is 0 Å². The zero-order chi connectivity index (χ0) is 28.0. The first-order chi connectivity index (χ1) is 19.2. The lowest BCUT2D eigenvalue weighted by Gasteiger charge is -2.43. The molecule has 2 fully saturated rings. The Bertz CT molecular complexity index is 1560. The van der Waals surface area contributed by atoms with E-state index in [-0.39, 0.29) is 36.6 Å². The second kappa shape index (κ2) is 9.96. The molecule has 1 aliphatic carbocycles. The number of carbonyl (C=O) groups is 2. The molecule has 206 valence electrons. The van der Waals surface area contributed by atoms with Crippen molar-refractivity contribution in [2.45, 2.75) is 50.5 Å². The maximum absolute atomic E-state index is 13.5. The summed E-state index contributed by atoms with van der Waals surface area (Å²) in [6, 6.07) is 12.3. The maximum Gasteiger partial charge on any atom is 0.256 e. The van der Waals surface area contributed by atoms with E-state index in [4.69, 9.17) is 10.7 Å². The molecule has 40 heavy (non-hydrogen) atoms. The number of nitrogens with zero attached hydrogens (tertiary/aromatic N) is 5. The highest BCUT2D eigenvalue weighted by Gasteiger charge is 2.50. The zero-order valence-electron chi connectivity index (χ0n) is 21.9. The van der Waals surface area contributed by atoms with E-state index in [9.17, 15) is 18.4 Å². The number of anilines is 2. The molecule has 0 bridgehead atoms. The number of nitrogens with two attached hydrogens (primary N) is 1. The summed E-state index contributed by atoms with van der Waals surface area (Å²) in [7, 11) is 0. The lowest BCUT2D eigenvalue weighted by atomic mass is 9.79. The van der Waals surface area contributed by atoms with Gasteiger partial charge >= 0.3 is 0 Å². The number of hydrogen-bond acceptors (Lipinski definition) is 6. The van der Waals surface area contributed by atoms with Crippen molar-refractivity contribution in [3.05, 3.63) is 72.4 Å². The summed E-state index contributed by atoms with van der Waals surface area (Å²) >= 11 is 0. The summed E-state index contributed by atoms with van der Waals surface area (Å²) in [5.74, 6) is -2.46. The first kappa shape index (κ1) is 25.8. The van der Waals surface area contributed by atoms with Crippen LogP contribution in [0.1, 0.15) is 54.7 Å². The van der Waals surface area contributed by atoms with Crippen molar-refractivity contribution in [3.63, 3.8) is 0 Å². The van der Waals surface area contributed by atoms with Crippen molar-refractivity contribution in [3.8, 4) is 11.3 Å². The van der Waals surface area contributed by atoms with Crippen molar-refractivity contribution < 1.29 is 18.4 Å². The van der Waals surface area contributed by atoms with Crippen molar-refractivity contribution in [2.75, 3.05) is 17.6 Å². The van der Waals surface area contributed by atoms with Gasteiger partial charge in [-0.2, -0.15) is 0 Å². The Kier molecular flexibility index (Phi) is 6.44. The zero-order valence-corrected chi connectivity index (χ0v) is 21.9. The Morgan fingerprint density at radius 3 is 2.52 bits per heavy atom. The molecule has 2 aliphatic rings. The molecule has 4 aromatic rings. The number of benzene rings is 1. The van der Waals surface area contributed by atoms with Gasteiger partial charge in [-0.25, -0.2) is 23.7 Å². The summed E-state index contributed by atoms with van der Waals surface area (Å²) in [5, 5.41) is 2.77. The Hall–Kier alpha value is -4.41. The van der Waals surface area contributed by atoms with Crippen LogP contribution in [-0.4, -0.2) is 54.6 Å². The third kappa shape index (κ3) is 4.76. The highest BCUT2D eigenvalue weighted by atomic mass is 19.3. The number of amides is 2. The average Bonchev–Trinajstić information content (AvgIpc) is 3.33. The van der Waals surface area contributed by atoms with Crippen LogP contribution in [0.25, 0.3) is 16.8 Å². The number of alkyl halides is 2. The van der Waals surface area contributed by atoms with Crippen molar-refractivity contribution >= 4 is 29.0 Å². The standard InChI is InChI=1S/C29H29F2N7O2/c1-17-5-6-20(16-38(17)28(40)21-14-29(30,31)15-21)26-36-23(24-25(32)34-12-13-37(24)26)18-7-9-19(10-8-18)27(39)35-22-4-2-3-11-33-22/h2-4,7-13,17,20-21H,5-6,14-16H2,1H3,(H2,32,34)(H,33,35,39)/t17?,20-/m1/s1. The predicted octanol–water partition coefficient (Wildman–Crippen LogP) is 4.77. The van der Waals surface area contributed by atoms with Crippen LogP contribution in [0.4, 0.5) is 20.4 Å². The number of pyridine rings is 1. The Balaban J connectivity index is 1.28. The fourth-order valence-corrected chi connectivity index (χ4v) is 5.68. The molecule has 3 aromatic heterocycles. The number of piperidine rings is 1. The molecule has 6 rings (SSSR count). The van der Waals surface area contributed by atoms with Gasteiger partial charge in [0.25, 0.3) is 5.91 Å². The average molecular weight is 546 g/mol. The number of hydrogen-bond donors (Lipinski definition) is 2. The lowest BCUT2D eigenvalue weighted by molar-refractivity contribution is -0.163. The number of aromatic nitrogens is 4. The van der Waals surface area contributed by atoms with Crippen LogP contribution in [0, 0.1) is 5.92 Å². The molecule has 1 unspecified atom stereocenters. The molecule has 1 saturated carbocycles. The molecule has 3 N–H and O–H groups in total. The normalized spacial score (nSPS) is 20.7. The topological polar surface area (TPSA) is 119 Å². The Labute approximate surface area is 229 Å². The SMILES string of the molecule is CC1CC[C@@H](c2nc(-c3ccc(C(=O)Nc4ccccn4)cc3)c3c(N)nccn23)CN1C(=O)C1CC(F)(F)C1. The molecule has 9 nitrogen and oxygen atoms in total. The van der Waals surface area contributed by atoms with E-state index in [1.54, 1.807) is 66.0 Å². The van der Waals surface area contributed by atoms with Crippen molar-refractivity contribution in [2.24, 2.45) is 5.92 Å². The third-order valence-electron chi connectivity index (χ3n) is 7.91. The van der Waals surface area contributed by atoms with E-state index >= 15 is 0 Å². The molecule has 2 atom stereocenters. The predicted molar refractivity (Wildman–Crippen MR) is 146 cm³/mol. The van der Waals surface area contributed by atoms with Crippen LogP contribution in [0.15, 0.2) is 61.1 Å². The van der Waals surface area contributed by atoms with Crippen molar-refractivity contribution in [1.29, 1.82) is 0 Å². The first-order valence-electron chi connectivity index (χ1n) is 13.3. The molecule has 1 saturated heterocycles. The summed E-state index contributed by atoms with van der Waals surface area (Å²) in [4.78, 5) is 40.9. The minimum absolute atomic E-state index is 0.0276. The second-order valence-electron chi connectivity index (χ2n) is 10.7. The minimum Gasteiger partial charge on any atom is -0.382 e. The highest BCUT2D eigenvalue weighted by molar-refractivity contribution is 6.04. The van der Waals surface area contributed by atoms with Gasteiger partial charge in [-0.1, -0.05) is 18.2 Å². The van der Waals surface area contributed by atoms with Gasteiger partial charge in [-0.05, 0) is 44.0 Å². The van der Waals surface area contributed by atoms with Gasteiger partial charge in [0.1, 0.15) is 28.7 Å². The minimum atomic E-state index is -2.74. The van der Waals surface area contributed by atoms with Crippen LogP contribution >= 0.6 is 0 Å². The molecule has 11 heteroatoms. The second-order valence-corrected chi connectivity index (χ2v) is 10.7. The molecular weight excluding hydrogens is 516 g/mol. The summed E-state index contributed by atoms with van der Waals surface area (Å²) < 4.78 is 28.8. The molecule has 0 spiro atoms. The quantitative estimate of drug-likeness (QED) is 0.373. The fraction of sp³-hybridized carbons (Fsp3) is 0.345. The first-order valence-corrected chi connectivity index (χ1v) is 13.3. The number of rotatable bonds is 5. The summed E-state index contributed by atoms with van der Waals surface area (Å²) in [5.41, 5.74) is 8.78. The Morgan fingerprint density at radius 1 is 1.05 bits per heavy atom. The van der Waals surface area contributed by atoms with Crippen LogP contribution in [0.2, 0.25) is 0 Å². The summed E-state index contributed by atoms with van der Waals surface area (Å²) in [6.45, 7) is 2.36. The van der Waals surface area contributed by atoms with Gasteiger partial charge in [0, 0.05) is 67.0 Å². The van der Waals surface area contributed by atoms with Crippen LogP contribution in [0.5, 0.6) is 0 Å². The highest BCUT2D eigenvalue weighted by Crippen LogP contribution is 2.44. The largest absolute Gasteiger partial charge is 0.382 e. The van der Waals surface area contributed by atoms with E-state index < -0.39 is 11.8 Å². The van der Waals surface area contributed by atoms with E-state index in [1.807, 2.05) is 11.3 Å². The monoisotopic (exact) mass is 545 g/mol. The molecular formula is C29H29F2N7O2. The lowest BCUT2D eigenvalue weighted by Crippen LogP contribution is -2.52. The number of carbonyl (C=O) groups excluding carboxylic acids is 2. The number of halogens is 2. The van der Waals surface area contributed by atoms with Gasteiger partial charge in [0.15, 0.2) is 0 Å². The molecule has 1 aliphatic heterocycles. The summed E-state index contributed by atoms with van der Waals surface area (Å²) in [6.07, 6.45) is 5.77. The Morgan fingerprint density at radius 2 is 1.82 bits per heavy atom. The van der Waals surface area contributed by atoms with E-state index in [2.05, 4.69) is 15.3 Å².